The summed E-state index contributed by atoms with van der Waals surface area (Å²) in [6, 6.07) is 6.54. The highest BCUT2D eigenvalue weighted by molar-refractivity contribution is 14.0. The molecule has 2 N–H and O–H groups in total. The molecule has 1 aromatic carbocycles. The Labute approximate surface area is 156 Å². The molecule has 2 rings (SSSR count). The fourth-order valence-electron chi connectivity index (χ4n) is 2.60. The lowest BCUT2D eigenvalue weighted by atomic mass is 10.1. The zero-order chi connectivity index (χ0) is 15.8. The van der Waals surface area contributed by atoms with Gasteiger partial charge in [0.1, 0.15) is 0 Å². The monoisotopic (exact) mass is 432 g/mol. The molecule has 1 heterocycles. The first kappa shape index (κ1) is 20.2. The van der Waals surface area contributed by atoms with E-state index in [-0.39, 0.29) is 24.0 Å². The van der Waals surface area contributed by atoms with Crippen molar-refractivity contribution in [3.63, 3.8) is 0 Å². The number of benzene rings is 1. The molecule has 6 heteroatoms. The summed E-state index contributed by atoms with van der Waals surface area (Å²) in [5.74, 6) is 0.855. The van der Waals surface area contributed by atoms with Gasteiger partial charge in [-0.15, -0.1) is 24.0 Å². The van der Waals surface area contributed by atoms with Gasteiger partial charge in [0.05, 0.1) is 13.2 Å². The van der Waals surface area contributed by atoms with Crippen molar-refractivity contribution in [2.24, 2.45) is 4.99 Å². The van der Waals surface area contributed by atoms with Gasteiger partial charge in [-0.2, -0.15) is 0 Å². The van der Waals surface area contributed by atoms with Crippen LogP contribution < -0.4 is 10.6 Å². The lowest BCUT2D eigenvalue weighted by Crippen LogP contribution is -2.44. The number of morpholine rings is 1. The van der Waals surface area contributed by atoms with Gasteiger partial charge in [-0.3, -0.25) is 9.89 Å². The van der Waals surface area contributed by atoms with E-state index in [9.17, 15) is 0 Å². The standard InChI is InChI=1S/C17H28N4O.HI/c1-14-4-5-16(15(2)12-14)13-20-17(18-3)19-6-7-21-8-10-22-11-9-21;/h4-5,12H,6-11,13H2,1-3H3,(H2,18,19,20);1H. The highest BCUT2D eigenvalue weighted by Crippen LogP contribution is 2.09. The Hall–Kier alpha value is -0.860. The first-order chi connectivity index (χ1) is 10.7. The van der Waals surface area contributed by atoms with Crippen LogP contribution in [0.15, 0.2) is 23.2 Å². The number of aryl methyl sites for hydroxylation is 2. The minimum Gasteiger partial charge on any atom is -0.379 e. The molecule has 1 fully saturated rings. The smallest absolute Gasteiger partial charge is 0.191 e. The van der Waals surface area contributed by atoms with Gasteiger partial charge in [0.15, 0.2) is 5.96 Å². The second-order valence-corrected chi connectivity index (χ2v) is 5.74. The number of hydrogen-bond donors (Lipinski definition) is 2. The average Bonchev–Trinajstić information content (AvgIpc) is 2.53. The van der Waals surface area contributed by atoms with E-state index in [1.807, 2.05) is 7.05 Å². The van der Waals surface area contributed by atoms with Crippen LogP contribution in [0.5, 0.6) is 0 Å². The summed E-state index contributed by atoms with van der Waals surface area (Å²) in [6.07, 6.45) is 0. The Balaban J connectivity index is 0.00000264. The third-order valence-corrected chi connectivity index (χ3v) is 3.99. The second-order valence-electron chi connectivity index (χ2n) is 5.74. The van der Waals surface area contributed by atoms with Gasteiger partial charge in [-0.25, -0.2) is 0 Å². The van der Waals surface area contributed by atoms with Crippen molar-refractivity contribution < 1.29 is 4.74 Å². The van der Waals surface area contributed by atoms with Crippen LogP contribution in [0.3, 0.4) is 0 Å². The van der Waals surface area contributed by atoms with Crippen molar-refractivity contribution in [1.29, 1.82) is 0 Å². The quantitative estimate of drug-likeness (QED) is 0.424. The predicted octanol–water partition coefficient (Wildman–Crippen LogP) is 1.92. The Morgan fingerprint density at radius 2 is 1.96 bits per heavy atom. The van der Waals surface area contributed by atoms with Crippen LogP contribution in [-0.4, -0.2) is 57.3 Å². The summed E-state index contributed by atoms with van der Waals surface area (Å²) in [4.78, 5) is 6.69. The van der Waals surface area contributed by atoms with Gasteiger partial charge in [0, 0.05) is 39.8 Å². The lowest BCUT2D eigenvalue weighted by molar-refractivity contribution is 0.0389. The molecule has 0 atom stereocenters. The van der Waals surface area contributed by atoms with E-state index in [0.717, 1.165) is 51.9 Å². The van der Waals surface area contributed by atoms with Crippen LogP contribution in [0.25, 0.3) is 0 Å². The maximum atomic E-state index is 5.36. The molecule has 0 saturated carbocycles. The number of rotatable bonds is 5. The Morgan fingerprint density at radius 3 is 2.61 bits per heavy atom. The normalized spacial score (nSPS) is 15.9. The van der Waals surface area contributed by atoms with Crippen LogP contribution >= 0.6 is 24.0 Å². The average molecular weight is 432 g/mol. The molecule has 130 valence electrons. The number of hydrogen-bond acceptors (Lipinski definition) is 3. The van der Waals surface area contributed by atoms with Crippen LogP contribution in [0.1, 0.15) is 16.7 Å². The molecule has 0 spiro atoms. The van der Waals surface area contributed by atoms with E-state index in [4.69, 9.17) is 4.74 Å². The number of nitrogens with zero attached hydrogens (tertiary/aromatic N) is 2. The van der Waals surface area contributed by atoms with Gasteiger partial charge in [0.2, 0.25) is 0 Å². The van der Waals surface area contributed by atoms with Crippen LogP contribution in [0, 0.1) is 13.8 Å². The molecule has 0 radical (unpaired) electrons. The first-order valence-corrected chi connectivity index (χ1v) is 8.00. The molecular weight excluding hydrogens is 403 g/mol. The number of aliphatic imine (C=N–C) groups is 1. The summed E-state index contributed by atoms with van der Waals surface area (Å²) in [5, 5.41) is 6.75. The van der Waals surface area contributed by atoms with Gasteiger partial charge in [-0.05, 0) is 25.0 Å². The van der Waals surface area contributed by atoms with Gasteiger partial charge in [0.25, 0.3) is 0 Å². The highest BCUT2D eigenvalue weighted by atomic mass is 127. The Bertz CT molecular complexity index is 501. The van der Waals surface area contributed by atoms with Crippen molar-refractivity contribution in [2.75, 3.05) is 46.4 Å². The summed E-state index contributed by atoms with van der Waals surface area (Å²) < 4.78 is 5.36. The second kappa shape index (κ2) is 10.8. The molecule has 5 nitrogen and oxygen atoms in total. The van der Waals surface area contributed by atoms with Crippen molar-refractivity contribution >= 4 is 29.9 Å². The van der Waals surface area contributed by atoms with Crippen LogP contribution in [0.4, 0.5) is 0 Å². The fourth-order valence-corrected chi connectivity index (χ4v) is 2.60. The van der Waals surface area contributed by atoms with Crippen LogP contribution in [0.2, 0.25) is 0 Å². The third-order valence-electron chi connectivity index (χ3n) is 3.99. The number of ether oxygens (including phenoxy) is 1. The molecule has 0 aromatic heterocycles. The molecule has 1 saturated heterocycles. The summed E-state index contributed by atoms with van der Waals surface area (Å²) in [7, 11) is 1.81. The molecule has 1 aliphatic heterocycles. The highest BCUT2D eigenvalue weighted by Gasteiger charge is 2.09. The number of guanidine groups is 1. The Morgan fingerprint density at radius 1 is 1.22 bits per heavy atom. The van der Waals surface area contributed by atoms with Crippen molar-refractivity contribution in [2.45, 2.75) is 20.4 Å². The predicted molar refractivity (Wildman–Crippen MR) is 107 cm³/mol. The van der Waals surface area contributed by atoms with E-state index >= 15 is 0 Å². The number of nitrogens with one attached hydrogen (secondary N) is 2. The molecule has 0 aliphatic carbocycles. The summed E-state index contributed by atoms with van der Waals surface area (Å²) in [5.41, 5.74) is 3.92. The molecule has 1 aromatic rings. The number of halogens is 1. The molecule has 0 bridgehead atoms. The maximum Gasteiger partial charge on any atom is 0.191 e. The fraction of sp³-hybridized carbons (Fsp3) is 0.588. The van der Waals surface area contributed by atoms with Gasteiger partial charge >= 0.3 is 0 Å². The zero-order valence-electron chi connectivity index (χ0n) is 14.4. The molecule has 0 amide bonds. The topological polar surface area (TPSA) is 48.9 Å². The zero-order valence-corrected chi connectivity index (χ0v) is 16.7. The van der Waals surface area contributed by atoms with Crippen molar-refractivity contribution in [3.8, 4) is 0 Å². The maximum absolute atomic E-state index is 5.36. The first-order valence-electron chi connectivity index (χ1n) is 8.00. The van der Waals surface area contributed by atoms with Gasteiger partial charge < -0.3 is 15.4 Å². The lowest BCUT2D eigenvalue weighted by Gasteiger charge is -2.26. The minimum absolute atomic E-state index is 0. The van der Waals surface area contributed by atoms with Crippen molar-refractivity contribution in [1.82, 2.24) is 15.5 Å². The third kappa shape index (κ3) is 7.05. The van der Waals surface area contributed by atoms with E-state index in [2.05, 4.69) is 52.6 Å². The van der Waals surface area contributed by atoms with E-state index in [1.54, 1.807) is 0 Å². The van der Waals surface area contributed by atoms with Crippen molar-refractivity contribution in [3.05, 3.63) is 34.9 Å². The van der Waals surface area contributed by atoms with E-state index in [1.165, 1.54) is 16.7 Å². The van der Waals surface area contributed by atoms with E-state index < -0.39 is 0 Å². The largest absolute Gasteiger partial charge is 0.379 e. The molecule has 23 heavy (non-hydrogen) atoms. The molecular formula is C17H29IN4O. The Kier molecular flexibility index (Phi) is 9.50. The van der Waals surface area contributed by atoms with Gasteiger partial charge in [-0.1, -0.05) is 23.8 Å². The summed E-state index contributed by atoms with van der Waals surface area (Å²) >= 11 is 0. The minimum atomic E-state index is 0. The molecule has 1 aliphatic rings. The summed E-state index contributed by atoms with van der Waals surface area (Å²) in [6.45, 7) is 10.7. The van der Waals surface area contributed by atoms with E-state index in [0.29, 0.717) is 0 Å². The van der Waals surface area contributed by atoms with Crippen LogP contribution in [-0.2, 0) is 11.3 Å². The molecule has 0 unspecified atom stereocenters. The SMILES string of the molecule is CN=C(NCCN1CCOCC1)NCc1ccc(C)cc1C.I.